The zero-order valence-electron chi connectivity index (χ0n) is 24.9. The van der Waals surface area contributed by atoms with Crippen molar-refractivity contribution in [1.82, 2.24) is 0 Å². The maximum Gasteiger partial charge on any atom is 0.0458 e. The Hall–Kier alpha value is -5.66. The van der Waals surface area contributed by atoms with Gasteiger partial charge in [0.05, 0.1) is 0 Å². The molecule has 6 aromatic carbocycles. The van der Waals surface area contributed by atoms with Crippen LogP contribution in [-0.4, -0.2) is 0 Å². The molecule has 6 rings (SSSR count). The summed E-state index contributed by atoms with van der Waals surface area (Å²) < 4.78 is 0. The summed E-state index contributed by atoms with van der Waals surface area (Å²) in [5, 5.41) is 0. The summed E-state index contributed by atoms with van der Waals surface area (Å²) in [4.78, 5) is 2.29. The summed E-state index contributed by atoms with van der Waals surface area (Å²) in [7, 11) is 0. The molecule has 0 saturated carbocycles. The highest BCUT2D eigenvalue weighted by molar-refractivity contribution is 5.84. The Labute approximate surface area is 261 Å². The monoisotopic (exact) mass is 565 g/mol. The number of hydrogen-bond acceptors (Lipinski definition) is 1. The Morgan fingerprint density at radius 1 is 0.455 bits per heavy atom. The first-order valence-electron chi connectivity index (χ1n) is 15.0. The molecule has 1 heteroatoms. The normalized spacial score (nSPS) is 10.8. The molecule has 0 aliphatic heterocycles. The number of allylic oxidation sites excluding steroid dienone is 2. The van der Waals surface area contributed by atoms with Crippen LogP contribution in [0.4, 0.5) is 11.4 Å². The zero-order chi connectivity index (χ0) is 30.0. The summed E-state index contributed by atoms with van der Waals surface area (Å²) in [6.07, 6.45) is 8.84. The van der Waals surface area contributed by atoms with Gasteiger partial charge < -0.3 is 4.90 Å². The van der Waals surface area contributed by atoms with E-state index in [4.69, 9.17) is 0 Å². The van der Waals surface area contributed by atoms with Gasteiger partial charge in [-0.05, 0) is 70.1 Å². The van der Waals surface area contributed by atoms with Crippen LogP contribution in [0, 0.1) is 6.92 Å². The zero-order valence-corrected chi connectivity index (χ0v) is 24.9. The van der Waals surface area contributed by atoms with Crippen LogP contribution >= 0.6 is 0 Å². The highest BCUT2D eigenvalue weighted by Gasteiger charge is 2.13. The molecule has 0 spiro atoms. The molecule has 0 aliphatic rings. The lowest BCUT2D eigenvalue weighted by atomic mass is 9.97. The van der Waals surface area contributed by atoms with E-state index in [1.54, 1.807) is 0 Å². The van der Waals surface area contributed by atoms with Gasteiger partial charge in [-0.25, -0.2) is 0 Å². The number of anilines is 2. The van der Waals surface area contributed by atoms with Gasteiger partial charge in [0, 0.05) is 23.1 Å². The Morgan fingerprint density at radius 2 is 0.886 bits per heavy atom. The molecule has 0 radical (unpaired) electrons. The van der Waals surface area contributed by atoms with Crippen LogP contribution in [0.15, 0.2) is 188 Å². The molecule has 6 aromatic rings. The van der Waals surface area contributed by atoms with Crippen molar-refractivity contribution in [3.63, 3.8) is 0 Å². The van der Waals surface area contributed by atoms with E-state index in [0.717, 1.165) is 16.9 Å². The average molecular weight is 566 g/mol. The average Bonchev–Trinajstić information content (AvgIpc) is 3.10. The van der Waals surface area contributed by atoms with Crippen molar-refractivity contribution in [1.29, 1.82) is 0 Å². The summed E-state index contributed by atoms with van der Waals surface area (Å²) in [5.41, 5.74) is 11.7. The SMILES string of the molecule is Cc1cc(N(C=C(c2ccccc2)c2ccccc2)c2ccccc2)ccc1C=CC=C(c1ccccc1)c1ccccc1. The minimum absolute atomic E-state index is 1.11. The Bertz CT molecular complexity index is 1790. The van der Waals surface area contributed by atoms with E-state index >= 15 is 0 Å². The van der Waals surface area contributed by atoms with Crippen LogP contribution in [0.2, 0.25) is 0 Å². The maximum atomic E-state index is 2.29. The lowest BCUT2D eigenvalue weighted by Crippen LogP contribution is -2.10. The van der Waals surface area contributed by atoms with Gasteiger partial charge >= 0.3 is 0 Å². The fourth-order valence-electron chi connectivity index (χ4n) is 5.41. The van der Waals surface area contributed by atoms with Gasteiger partial charge in [-0.3, -0.25) is 0 Å². The van der Waals surface area contributed by atoms with Crippen LogP contribution in [0.3, 0.4) is 0 Å². The van der Waals surface area contributed by atoms with Gasteiger partial charge in [0.25, 0.3) is 0 Å². The molecule has 0 atom stereocenters. The molecule has 0 amide bonds. The molecule has 1 nitrogen and oxygen atoms in total. The van der Waals surface area contributed by atoms with E-state index in [2.05, 4.69) is 206 Å². The van der Waals surface area contributed by atoms with Crippen LogP contribution in [0.1, 0.15) is 33.4 Å². The van der Waals surface area contributed by atoms with Crippen LogP contribution in [0.25, 0.3) is 17.2 Å². The van der Waals surface area contributed by atoms with Crippen molar-refractivity contribution in [2.24, 2.45) is 0 Å². The minimum atomic E-state index is 1.11. The Balaban J connectivity index is 1.38. The molecule has 0 aromatic heterocycles. The van der Waals surface area contributed by atoms with Gasteiger partial charge in [-0.1, -0.05) is 164 Å². The van der Waals surface area contributed by atoms with Gasteiger partial charge in [-0.15, -0.1) is 0 Å². The summed E-state index contributed by atoms with van der Waals surface area (Å²) in [5.74, 6) is 0. The summed E-state index contributed by atoms with van der Waals surface area (Å²) in [6.45, 7) is 2.18. The Morgan fingerprint density at radius 3 is 1.34 bits per heavy atom. The van der Waals surface area contributed by atoms with Crippen molar-refractivity contribution < 1.29 is 0 Å². The number of aryl methyl sites for hydroxylation is 1. The third-order valence-electron chi connectivity index (χ3n) is 7.70. The highest BCUT2D eigenvalue weighted by Crippen LogP contribution is 2.33. The number of hydrogen-bond donors (Lipinski definition) is 0. The van der Waals surface area contributed by atoms with Crippen molar-refractivity contribution in [3.8, 4) is 0 Å². The molecule has 0 aliphatic carbocycles. The lowest BCUT2D eigenvalue weighted by molar-refractivity contribution is 1.26. The molecule has 44 heavy (non-hydrogen) atoms. The Kier molecular flexibility index (Phi) is 9.06. The first-order chi connectivity index (χ1) is 21.8. The number of nitrogens with zero attached hydrogens (tertiary/aromatic N) is 1. The second-order valence-electron chi connectivity index (χ2n) is 10.7. The maximum absolute atomic E-state index is 2.29. The predicted molar refractivity (Wildman–Crippen MR) is 189 cm³/mol. The van der Waals surface area contributed by atoms with E-state index < -0.39 is 0 Å². The third kappa shape index (κ3) is 6.86. The fraction of sp³-hybridized carbons (Fsp3) is 0.0233. The molecule has 212 valence electrons. The highest BCUT2D eigenvalue weighted by atomic mass is 15.1. The van der Waals surface area contributed by atoms with Gasteiger partial charge in [-0.2, -0.15) is 0 Å². The topological polar surface area (TPSA) is 3.24 Å². The van der Waals surface area contributed by atoms with Gasteiger partial charge in [0.2, 0.25) is 0 Å². The van der Waals surface area contributed by atoms with Gasteiger partial charge in [0.15, 0.2) is 0 Å². The molecule has 0 fully saturated rings. The van der Waals surface area contributed by atoms with Crippen molar-refractivity contribution in [3.05, 3.63) is 222 Å². The number of benzene rings is 6. The molecule has 0 unspecified atom stereocenters. The molecular weight excluding hydrogens is 530 g/mol. The predicted octanol–water partition coefficient (Wildman–Crippen LogP) is 11.4. The first-order valence-corrected chi connectivity index (χ1v) is 15.0. The smallest absolute Gasteiger partial charge is 0.0458 e. The molecule has 0 bridgehead atoms. The molecule has 0 N–H and O–H groups in total. The van der Waals surface area contributed by atoms with Crippen LogP contribution in [-0.2, 0) is 0 Å². The second-order valence-corrected chi connectivity index (χ2v) is 10.7. The van der Waals surface area contributed by atoms with E-state index in [1.807, 2.05) is 0 Å². The fourth-order valence-corrected chi connectivity index (χ4v) is 5.41. The van der Waals surface area contributed by atoms with Crippen LogP contribution < -0.4 is 4.90 Å². The summed E-state index contributed by atoms with van der Waals surface area (Å²) in [6, 6.07) is 59.6. The van der Waals surface area contributed by atoms with E-state index in [1.165, 1.54) is 39.0 Å². The standard InChI is InChI=1S/C43H35N/c1-34-32-41(31-30-35(34)26-17-29-42(36-18-7-2-8-19-36)37-20-9-3-10-21-37)44(40-27-15-6-16-28-40)33-43(38-22-11-4-12-23-38)39-24-13-5-14-25-39/h2-33H,1H3. The van der Waals surface area contributed by atoms with Crippen molar-refractivity contribution in [2.45, 2.75) is 6.92 Å². The number of rotatable bonds is 9. The lowest BCUT2D eigenvalue weighted by Gasteiger charge is -2.24. The van der Waals surface area contributed by atoms with Crippen LogP contribution in [0.5, 0.6) is 0 Å². The molecule has 0 heterocycles. The van der Waals surface area contributed by atoms with Gasteiger partial charge in [0.1, 0.15) is 0 Å². The van der Waals surface area contributed by atoms with E-state index in [0.29, 0.717) is 0 Å². The van der Waals surface area contributed by atoms with Crippen molar-refractivity contribution in [2.75, 3.05) is 4.90 Å². The third-order valence-corrected chi connectivity index (χ3v) is 7.70. The number of para-hydroxylation sites is 1. The molecule has 0 saturated heterocycles. The summed E-state index contributed by atoms with van der Waals surface area (Å²) >= 11 is 0. The van der Waals surface area contributed by atoms with E-state index in [-0.39, 0.29) is 0 Å². The minimum Gasteiger partial charge on any atom is -0.317 e. The quantitative estimate of drug-likeness (QED) is 0.158. The first kappa shape index (κ1) is 28.5. The van der Waals surface area contributed by atoms with Crippen molar-refractivity contribution >= 4 is 28.6 Å². The largest absolute Gasteiger partial charge is 0.317 e. The second kappa shape index (κ2) is 14.0. The molecular formula is C43H35N. The van der Waals surface area contributed by atoms with E-state index in [9.17, 15) is 0 Å².